The number of rotatable bonds is 9. The zero-order valence-electron chi connectivity index (χ0n) is 18.6. The minimum atomic E-state index is -3.51. The Morgan fingerprint density at radius 2 is 1.87 bits per heavy atom. The lowest BCUT2D eigenvalue weighted by Gasteiger charge is -2.29. The van der Waals surface area contributed by atoms with Gasteiger partial charge in [0.15, 0.2) is 0 Å². The minimum absolute atomic E-state index is 0.241. The van der Waals surface area contributed by atoms with E-state index in [0.29, 0.717) is 31.2 Å². The maximum absolute atomic E-state index is 12.6. The summed E-state index contributed by atoms with van der Waals surface area (Å²) in [6, 6.07) is 11.2. The lowest BCUT2D eigenvalue weighted by Crippen LogP contribution is -2.43. The van der Waals surface area contributed by atoms with Crippen LogP contribution in [0.1, 0.15) is 50.8 Å². The Labute approximate surface area is 186 Å². The smallest absolute Gasteiger partial charge is 0.301 e. The number of aromatic nitrogens is 1. The molecule has 1 saturated heterocycles. The van der Waals surface area contributed by atoms with Gasteiger partial charge in [0.2, 0.25) is 0 Å². The Bertz CT molecular complexity index is 925. The van der Waals surface area contributed by atoms with Crippen LogP contribution in [0.5, 0.6) is 0 Å². The van der Waals surface area contributed by atoms with E-state index in [-0.39, 0.29) is 5.54 Å². The van der Waals surface area contributed by atoms with Gasteiger partial charge in [0.25, 0.3) is 0 Å². The molecule has 1 aromatic heterocycles. The van der Waals surface area contributed by atoms with Crippen LogP contribution in [0.25, 0.3) is 0 Å². The van der Waals surface area contributed by atoms with Crippen molar-refractivity contribution in [2.75, 3.05) is 24.4 Å². The second-order valence-corrected chi connectivity index (χ2v) is 10.8. The normalized spacial score (nSPS) is 17.4. The van der Waals surface area contributed by atoms with Crippen LogP contribution in [0.15, 0.2) is 48.8 Å². The van der Waals surface area contributed by atoms with E-state index in [1.807, 2.05) is 24.3 Å². The van der Waals surface area contributed by atoms with Crippen molar-refractivity contribution in [3.63, 3.8) is 0 Å². The third kappa shape index (κ3) is 7.00. The Kier molecular flexibility index (Phi) is 7.69. The summed E-state index contributed by atoms with van der Waals surface area (Å²) >= 11 is 0. The number of hydrogen-bond acceptors (Lipinski definition) is 5. The van der Waals surface area contributed by atoms with E-state index in [4.69, 9.17) is 0 Å². The Morgan fingerprint density at radius 1 is 1.19 bits per heavy atom. The number of anilines is 1. The first-order valence-electron chi connectivity index (χ1n) is 10.8. The standard InChI is InChI=1S/C23H34N4O3S/c1-18-10-13-27(14-11-18)31(29,30)26-21-8-6-19(7-9-21)15-23(2,3)25-17-22(28)20-5-4-12-24-16-20/h4-9,12,16,18,22,25-26,28H,10-11,13-15,17H2,1-3H3/t22-/m0/s1. The average molecular weight is 447 g/mol. The van der Waals surface area contributed by atoms with Gasteiger partial charge in [-0.1, -0.05) is 25.1 Å². The first kappa shape index (κ1) is 23.7. The molecule has 3 rings (SSSR count). The van der Waals surface area contributed by atoms with Gasteiger partial charge < -0.3 is 10.4 Å². The molecule has 0 saturated carbocycles. The zero-order valence-corrected chi connectivity index (χ0v) is 19.4. The Morgan fingerprint density at radius 3 is 2.48 bits per heavy atom. The van der Waals surface area contributed by atoms with Gasteiger partial charge in [0, 0.05) is 48.8 Å². The summed E-state index contributed by atoms with van der Waals surface area (Å²) in [6.45, 7) is 7.88. The van der Waals surface area contributed by atoms with Crippen molar-refractivity contribution in [2.45, 2.75) is 51.7 Å². The number of benzene rings is 1. The van der Waals surface area contributed by atoms with Crippen LogP contribution in [0.3, 0.4) is 0 Å². The largest absolute Gasteiger partial charge is 0.387 e. The number of nitrogens with one attached hydrogen (secondary N) is 2. The van der Waals surface area contributed by atoms with Crippen LogP contribution in [0, 0.1) is 5.92 Å². The van der Waals surface area contributed by atoms with E-state index >= 15 is 0 Å². The first-order valence-corrected chi connectivity index (χ1v) is 12.3. The van der Waals surface area contributed by atoms with Gasteiger partial charge in [0.1, 0.15) is 0 Å². The molecule has 0 spiro atoms. The molecule has 3 N–H and O–H groups in total. The number of pyridine rings is 1. The number of β-amino-alcohol motifs (C(OH)–C–C–N with tert-alkyl or cyclic N) is 1. The Balaban J connectivity index is 1.53. The summed E-state index contributed by atoms with van der Waals surface area (Å²) in [5.74, 6) is 0.577. The number of aliphatic hydroxyl groups excluding tert-OH is 1. The maximum atomic E-state index is 12.6. The predicted molar refractivity (Wildman–Crippen MR) is 124 cm³/mol. The summed E-state index contributed by atoms with van der Waals surface area (Å²) in [5.41, 5.74) is 2.20. The molecule has 0 bridgehead atoms. The van der Waals surface area contributed by atoms with Crippen LogP contribution < -0.4 is 10.0 Å². The molecule has 2 aromatic rings. The molecule has 1 atom stereocenters. The second-order valence-electron chi connectivity index (χ2n) is 9.13. The van der Waals surface area contributed by atoms with Gasteiger partial charge in [-0.25, -0.2) is 0 Å². The SMILES string of the molecule is CC1CCN(S(=O)(=O)Nc2ccc(CC(C)(C)NC[C@H](O)c3cccnc3)cc2)CC1. The van der Waals surface area contributed by atoms with Gasteiger partial charge in [-0.05, 0) is 62.8 Å². The second kappa shape index (κ2) is 10.1. The van der Waals surface area contributed by atoms with E-state index in [0.717, 1.165) is 30.4 Å². The summed E-state index contributed by atoms with van der Waals surface area (Å²) in [5, 5.41) is 13.8. The summed E-state index contributed by atoms with van der Waals surface area (Å²) in [7, 11) is -3.51. The topological polar surface area (TPSA) is 94.6 Å². The molecule has 31 heavy (non-hydrogen) atoms. The molecule has 0 amide bonds. The van der Waals surface area contributed by atoms with E-state index in [2.05, 4.69) is 35.8 Å². The van der Waals surface area contributed by atoms with Crippen molar-refractivity contribution >= 4 is 15.9 Å². The molecule has 0 radical (unpaired) electrons. The molecule has 1 fully saturated rings. The van der Waals surface area contributed by atoms with Crippen molar-refractivity contribution in [1.82, 2.24) is 14.6 Å². The molecule has 1 aromatic carbocycles. The molecule has 7 nitrogen and oxygen atoms in total. The van der Waals surface area contributed by atoms with E-state index < -0.39 is 16.3 Å². The lowest BCUT2D eigenvalue weighted by atomic mass is 9.94. The average Bonchev–Trinajstić information content (AvgIpc) is 2.74. The fourth-order valence-electron chi connectivity index (χ4n) is 3.77. The van der Waals surface area contributed by atoms with Crippen LogP contribution in [0.4, 0.5) is 5.69 Å². The van der Waals surface area contributed by atoms with Gasteiger partial charge >= 0.3 is 10.2 Å². The highest BCUT2D eigenvalue weighted by Gasteiger charge is 2.26. The van der Waals surface area contributed by atoms with Crippen molar-refractivity contribution in [1.29, 1.82) is 0 Å². The van der Waals surface area contributed by atoms with Crippen LogP contribution in [0.2, 0.25) is 0 Å². The quantitative estimate of drug-likeness (QED) is 0.550. The van der Waals surface area contributed by atoms with Crippen molar-refractivity contribution < 1.29 is 13.5 Å². The number of aliphatic hydroxyl groups is 1. The summed E-state index contributed by atoms with van der Waals surface area (Å²) < 4.78 is 29.5. The number of nitrogens with zero attached hydrogens (tertiary/aromatic N) is 2. The number of piperidine rings is 1. The van der Waals surface area contributed by atoms with E-state index in [9.17, 15) is 13.5 Å². The third-order valence-electron chi connectivity index (χ3n) is 5.77. The fraction of sp³-hybridized carbons (Fsp3) is 0.522. The van der Waals surface area contributed by atoms with Crippen molar-refractivity contribution in [3.05, 3.63) is 59.9 Å². The molecular formula is C23H34N4O3S. The van der Waals surface area contributed by atoms with Crippen LogP contribution in [-0.4, -0.2) is 48.0 Å². The molecule has 0 aliphatic carbocycles. The summed E-state index contributed by atoms with van der Waals surface area (Å²) in [6.07, 6.45) is 5.27. The highest BCUT2D eigenvalue weighted by atomic mass is 32.2. The highest BCUT2D eigenvalue weighted by molar-refractivity contribution is 7.90. The molecule has 1 aliphatic rings. The lowest BCUT2D eigenvalue weighted by molar-refractivity contribution is 0.160. The molecular weight excluding hydrogens is 412 g/mol. The molecule has 1 aliphatic heterocycles. The monoisotopic (exact) mass is 446 g/mol. The molecule has 170 valence electrons. The highest BCUT2D eigenvalue weighted by Crippen LogP contribution is 2.22. The van der Waals surface area contributed by atoms with E-state index in [1.165, 1.54) is 4.31 Å². The maximum Gasteiger partial charge on any atom is 0.301 e. The van der Waals surface area contributed by atoms with Gasteiger partial charge in [-0.3, -0.25) is 9.71 Å². The molecule has 8 heteroatoms. The molecule has 0 unspecified atom stereocenters. The van der Waals surface area contributed by atoms with E-state index in [1.54, 1.807) is 24.5 Å². The zero-order chi connectivity index (χ0) is 22.5. The molecule has 2 heterocycles. The summed E-state index contributed by atoms with van der Waals surface area (Å²) in [4.78, 5) is 4.04. The predicted octanol–water partition coefficient (Wildman–Crippen LogP) is 3.11. The fourth-order valence-corrected chi connectivity index (χ4v) is 5.02. The van der Waals surface area contributed by atoms with Crippen molar-refractivity contribution in [2.24, 2.45) is 5.92 Å². The minimum Gasteiger partial charge on any atom is -0.387 e. The van der Waals surface area contributed by atoms with Gasteiger partial charge in [0.05, 0.1) is 6.10 Å². The van der Waals surface area contributed by atoms with Gasteiger partial charge in [-0.2, -0.15) is 12.7 Å². The number of hydrogen-bond donors (Lipinski definition) is 3. The van der Waals surface area contributed by atoms with Gasteiger partial charge in [-0.15, -0.1) is 0 Å². The van der Waals surface area contributed by atoms with Crippen LogP contribution in [-0.2, 0) is 16.6 Å². The Hall–Kier alpha value is -2.00. The first-order chi connectivity index (χ1) is 14.6. The van der Waals surface area contributed by atoms with Crippen LogP contribution >= 0.6 is 0 Å². The third-order valence-corrected chi connectivity index (χ3v) is 7.31. The van der Waals surface area contributed by atoms with Crippen molar-refractivity contribution in [3.8, 4) is 0 Å².